The van der Waals surface area contributed by atoms with Gasteiger partial charge < -0.3 is 10.1 Å². The van der Waals surface area contributed by atoms with E-state index < -0.39 is 0 Å². The first-order valence-electron chi connectivity index (χ1n) is 7.29. The van der Waals surface area contributed by atoms with Crippen LogP contribution in [-0.4, -0.2) is 17.1 Å². The van der Waals surface area contributed by atoms with Gasteiger partial charge in [-0.05, 0) is 36.8 Å². The van der Waals surface area contributed by atoms with Crippen LogP contribution in [0, 0.1) is 20.9 Å². The lowest BCUT2D eigenvalue weighted by Gasteiger charge is -2.14. The molecule has 5 heteroatoms. The first kappa shape index (κ1) is 15.6. The molecular weight excluding hydrogens is 268 g/mol. The first-order chi connectivity index (χ1) is 9.59. The highest BCUT2D eigenvalue weighted by atomic mass is 16.6. The van der Waals surface area contributed by atoms with E-state index in [1.54, 1.807) is 18.2 Å². The predicted molar refractivity (Wildman–Crippen MR) is 83.8 cm³/mol. The summed E-state index contributed by atoms with van der Waals surface area (Å²) < 4.78 is 5.57. The van der Waals surface area contributed by atoms with Crippen LogP contribution in [0.5, 0.6) is 5.75 Å². The molecule has 0 bridgehead atoms. The third-order valence-electron chi connectivity index (χ3n) is 4.86. The molecule has 0 atom stereocenters. The average molecular weight is 292 g/mol. The molecule has 116 valence electrons. The molecule has 0 unspecified atom stereocenters. The first-order valence-corrected chi connectivity index (χ1v) is 7.29. The second kappa shape index (κ2) is 4.90. The Morgan fingerprint density at radius 2 is 1.81 bits per heavy atom. The van der Waals surface area contributed by atoms with Crippen LogP contribution < -0.4 is 10.1 Å². The minimum Gasteiger partial charge on any atom is -0.484 e. The van der Waals surface area contributed by atoms with Crippen LogP contribution in [0.1, 0.15) is 41.5 Å². The van der Waals surface area contributed by atoms with Crippen LogP contribution in [-0.2, 0) is 0 Å². The second-order valence-electron chi connectivity index (χ2n) is 7.10. The number of para-hydroxylation sites is 1. The van der Waals surface area contributed by atoms with Gasteiger partial charge >= 0.3 is 5.69 Å². The summed E-state index contributed by atoms with van der Waals surface area (Å²) in [7, 11) is 0. The fourth-order valence-electron chi connectivity index (χ4n) is 2.89. The van der Waals surface area contributed by atoms with Crippen LogP contribution in [0.15, 0.2) is 18.2 Å². The quantitative estimate of drug-likeness (QED) is 0.651. The Bertz CT molecular complexity index is 551. The van der Waals surface area contributed by atoms with E-state index in [2.05, 4.69) is 33.0 Å². The van der Waals surface area contributed by atoms with Crippen molar-refractivity contribution in [2.24, 2.45) is 10.8 Å². The number of nitrogens with one attached hydrogen (secondary N) is 1. The van der Waals surface area contributed by atoms with E-state index in [0.717, 1.165) is 0 Å². The van der Waals surface area contributed by atoms with Crippen LogP contribution in [0.4, 0.5) is 11.4 Å². The van der Waals surface area contributed by atoms with Crippen LogP contribution in [0.2, 0.25) is 0 Å². The minimum atomic E-state index is -0.373. The Kier molecular flexibility index (Phi) is 3.64. The summed E-state index contributed by atoms with van der Waals surface area (Å²) in [4.78, 5) is 11.1. The van der Waals surface area contributed by atoms with Gasteiger partial charge in [0.1, 0.15) is 5.69 Å². The Morgan fingerprint density at radius 1 is 1.24 bits per heavy atom. The normalized spacial score (nSPS) is 19.4. The molecule has 1 N–H and O–H groups in total. The third-order valence-corrected chi connectivity index (χ3v) is 4.86. The van der Waals surface area contributed by atoms with Crippen molar-refractivity contribution in [2.45, 2.75) is 53.7 Å². The van der Waals surface area contributed by atoms with Crippen molar-refractivity contribution in [3.05, 3.63) is 28.3 Å². The second-order valence-corrected chi connectivity index (χ2v) is 7.10. The highest BCUT2D eigenvalue weighted by molar-refractivity contribution is 5.69. The van der Waals surface area contributed by atoms with E-state index >= 15 is 0 Å². The largest absolute Gasteiger partial charge is 0.484 e. The minimum absolute atomic E-state index is 0.0182. The van der Waals surface area contributed by atoms with Gasteiger partial charge in [0.25, 0.3) is 0 Å². The van der Waals surface area contributed by atoms with Crippen molar-refractivity contribution < 1.29 is 9.66 Å². The monoisotopic (exact) mass is 292 g/mol. The smallest absolute Gasteiger partial charge is 0.333 e. The summed E-state index contributed by atoms with van der Waals surface area (Å²) in [6, 6.07) is 5.38. The van der Waals surface area contributed by atoms with Gasteiger partial charge in [-0.1, -0.05) is 33.8 Å². The number of nitro groups is 1. The molecule has 0 aromatic heterocycles. The average Bonchev–Trinajstić information content (AvgIpc) is 2.70. The van der Waals surface area contributed by atoms with Gasteiger partial charge in [-0.15, -0.1) is 0 Å². The maximum atomic E-state index is 11.4. The zero-order valence-corrected chi connectivity index (χ0v) is 13.6. The van der Waals surface area contributed by atoms with E-state index in [1.807, 2.05) is 13.8 Å². The molecule has 0 heterocycles. The summed E-state index contributed by atoms with van der Waals surface area (Å²) in [5.74, 6) is 0.316. The molecule has 0 aliphatic heterocycles. The summed E-state index contributed by atoms with van der Waals surface area (Å²) >= 11 is 0. The molecule has 2 rings (SSSR count). The Labute approximate surface area is 125 Å². The van der Waals surface area contributed by atoms with Gasteiger partial charge in [0.15, 0.2) is 5.75 Å². The van der Waals surface area contributed by atoms with Gasteiger partial charge in [0.05, 0.1) is 11.0 Å². The summed E-state index contributed by atoms with van der Waals surface area (Å²) in [5.41, 5.74) is 0.762. The van der Waals surface area contributed by atoms with Crippen LogP contribution >= 0.6 is 0 Å². The summed E-state index contributed by atoms with van der Waals surface area (Å²) in [6.07, 6.45) is -0.104. The molecule has 1 aromatic carbocycles. The lowest BCUT2D eigenvalue weighted by atomic mass is 10.0. The number of nitro benzene ring substituents is 1. The van der Waals surface area contributed by atoms with Gasteiger partial charge in [-0.25, -0.2) is 0 Å². The fourth-order valence-corrected chi connectivity index (χ4v) is 2.89. The third kappa shape index (κ3) is 2.57. The molecule has 0 radical (unpaired) electrons. The van der Waals surface area contributed by atoms with Crippen molar-refractivity contribution in [3.63, 3.8) is 0 Å². The van der Waals surface area contributed by atoms with E-state index in [0.29, 0.717) is 11.4 Å². The maximum Gasteiger partial charge on any atom is 0.333 e. The number of hydrogen-bond acceptors (Lipinski definition) is 4. The highest BCUT2D eigenvalue weighted by Gasteiger charge is 2.65. The molecule has 1 aromatic rings. The van der Waals surface area contributed by atoms with Crippen molar-refractivity contribution in [2.75, 3.05) is 5.32 Å². The molecular formula is C16H24N2O3. The fraction of sp³-hybridized carbons (Fsp3) is 0.625. The topological polar surface area (TPSA) is 64.4 Å². The summed E-state index contributed by atoms with van der Waals surface area (Å²) in [6.45, 7) is 12.4. The number of anilines is 1. The van der Waals surface area contributed by atoms with E-state index in [9.17, 15) is 10.1 Å². The molecule has 1 aliphatic rings. The van der Waals surface area contributed by atoms with Crippen molar-refractivity contribution in [3.8, 4) is 5.75 Å². The van der Waals surface area contributed by atoms with E-state index in [4.69, 9.17) is 4.74 Å². The molecule has 1 aliphatic carbocycles. The molecule has 0 saturated heterocycles. The van der Waals surface area contributed by atoms with E-state index in [1.165, 1.54) is 0 Å². The zero-order chi connectivity index (χ0) is 16.0. The molecule has 0 amide bonds. The van der Waals surface area contributed by atoms with Crippen molar-refractivity contribution >= 4 is 11.4 Å². The number of ether oxygens (including phenoxy) is 1. The summed E-state index contributed by atoms with van der Waals surface area (Å²) in [5, 5.41) is 14.8. The Hall–Kier alpha value is -1.78. The number of nitrogens with zero attached hydrogens (tertiary/aromatic N) is 1. The Balaban J connectivity index is 2.34. The van der Waals surface area contributed by atoms with E-state index in [-0.39, 0.29) is 33.6 Å². The van der Waals surface area contributed by atoms with Gasteiger partial charge in [0, 0.05) is 6.04 Å². The standard InChI is InChI=1S/C16H24N2O3/c1-10(2)21-12-9-7-8-11(13(12)18(19)20)17-14-15(3,4)16(14,5)6/h7-10,14,17H,1-6H3. The zero-order valence-electron chi connectivity index (χ0n) is 13.6. The van der Waals surface area contributed by atoms with Gasteiger partial charge in [-0.2, -0.15) is 0 Å². The molecule has 0 spiro atoms. The molecule has 1 saturated carbocycles. The number of rotatable bonds is 5. The predicted octanol–water partition coefficient (Wildman–Crippen LogP) is 4.23. The SMILES string of the molecule is CC(C)Oc1cccc(NC2C(C)(C)C2(C)C)c1[N+](=O)[O-]. The molecule has 21 heavy (non-hydrogen) atoms. The van der Waals surface area contributed by atoms with Gasteiger partial charge in [0.2, 0.25) is 0 Å². The lowest BCUT2D eigenvalue weighted by Crippen LogP contribution is -2.13. The number of benzene rings is 1. The van der Waals surface area contributed by atoms with Crippen molar-refractivity contribution in [1.82, 2.24) is 0 Å². The van der Waals surface area contributed by atoms with Crippen LogP contribution in [0.3, 0.4) is 0 Å². The van der Waals surface area contributed by atoms with Gasteiger partial charge in [-0.3, -0.25) is 10.1 Å². The van der Waals surface area contributed by atoms with Crippen LogP contribution in [0.25, 0.3) is 0 Å². The highest BCUT2D eigenvalue weighted by Crippen LogP contribution is 2.64. The number of hydrogen-bond donors (Lipinski definition) is 1. The lowest BCUT2D eigenvalue weighted by molar-refractivity contribution is -0.385. The molecule has 5 nitrogen and oxygen atoms in total. The molecule has 1 fully saturated rings. The van der Waals surface area contributed by atoms with Crippen molar-refractivity contribution in [1.29, 1.82) is 0 Å². The maximum absolute atomic E-state index is 11.4. The Morgan fingerprint density at radius 3 is 2.24 bits per heavy atom.